The fraction of sp³-hybridized carbons (Fsp3) is 0.333. The van der Waals surface area contributed by atoms with E-state index in [0.29, 0.717) is 34.3 Å². The number of hydrogen-bond acceptors (Lipinski definition) is 7. The summed E-state index contributed by atoms with van der Waals surface area (Å²) >= 11 is 0. The number of benzene rings is 1. The van der Waals surface area contributed by atoms with Crippen molar-refractivity contribution in [1.82, 2.24) is 5.16 Å². The molecule has 0 atom stereocenters. The summed E-state index contributed by atoms with van der Waals surface area (Å²) < 4.78 is 25.8. The second-order valence-corrected chi connectivity index (χ2v) is 4.36. The molecule has 0 saturated heterocycles. The first kappa shape index (κ1) is 15.7. The topological polar surface area (TPSA) is 80.0 Å². The lowest BCUT2D eigenvalue weighted by atomic mass is 10.0. The van der Waals surface area contributed by atoms with Crippen LogP contribution in [0.25, 0.3) is 11.3 Å². The summed E-state index contributed by atoms with van der Waals surface area (Å²) in [4.78, 5) is 11.9. The second kappa shape index (κ2) is 6.38. The molecule has 0 spiro atoms. The standard InChI is InChI=1S/C15H17NO6/c1-8-13(15(17)21-5)14(16-22-8)9-6-11(19-3)12(20-4)7-10(9)18-2/h6-7H,1-5H3. The molecular weight excluding hydrogens is 290 g/mol. The second-order valence-electron chi connectivity index (χ2n) is 4.36. The molecule has 1 aromatic carbocycles. The minimum atomic E-state index is -0.536. The van der Waals surface area contributed by atoms with Gasteiger partial charge in [0.2, 0.25) is 0 Å². The quantitative estimate of drug-likeness (QED) is 0.785. The van der Waals surface area contributed by atoms with Gasteiger partial charge in [0.25, 0.3) is 0 Å². The van der Waals surface area contributed by atoms with E-state index in [4.69, 9.17) is 23.5 Å². The van der Waals surface area contributed by atoms with Gasteiger partial charge < -0.3 is 23.5 Å². The molecule has 0 unspecified atom stereocenters. The summed E-state index contributed by atoms with van der Waals surface area (Å²) in [5, 5.41) is 3.94. The van der Waals surface area contributed by atoms with Crippen molar-refractivity contribution < 1.29 is 28.3 Å². The van der Waals surface area contributed by atoms with Crippen molar-refractivity contribution in [3.63, 3.8) is 0 Å². The highest BCUT2D eigenvalue weighted by Gasteiger charge is 2.26. The Morgan fingerprint density at radius 3 is 2.14 bits per heavy atom. The van der Waals surface area contributed by atoms with Gasteiger partial charge in [-0.25, -0.2) is 4.79 Å². The maximum absolute atomic E-state index is 11.9. The van der Waals surface area contributed by atoms with Crippen LogP contribution in [0.3, 0.4) is 0 Å². The molecule has 0 aliphatic carbocycles. The Balaban J connectivity index is 2.69. The molecule has 0 fully saturated rings. The van der Waals surface area contributed by atoms with E-state index < -0.39 is 5.97 Å². The summed E-state index contributed by atoms with van der Waals surface area (Å²) in [5.74, 6) is 1.28. The SMILES string of the molecule is COC(=O)c1c(-c2cc(OC)c(OC)cc2OC)noc1C. The van der Waals surface area contributed by atoms with Gasteiger partial charge in [0.1, 0.15) is 22.8 Å². The molecule has 1 aromatic heterocycles. The summed E-state index contributed by atoms with van der Waals surface area (Å²) in [6.07, 6.45) is 0. The molecular formula is C15H17NO6. The van der Waals surface area contributed by atoms with E-state index in [2.05, 4.69) is 5.16 Å². The Hall–Kier alpha value is -2.70. The van der Waals surface area contributed by atoms with Crippen LogP contribution in [0.1, 0.15) is 16.1 Å². The molecule has 7 heteroatoms. The third-order valence-electron chi connectivity index (χ3n) is 3.21. The van der Waals surface area contributed by atoms with Gasteiger partial charge in [-0.1, -0.05) is 5.16 Å². The van der Waals surface area contributed by atoms with E-state index in [9.17, 15) is 4.79 Å². The smallest absolute Gasteiger partial charge is 0.343 e. The fourth-order valence-corrected chi connectivity index (χ4v) is 2.11. The first-order valence-electron chi connectivity index (χ1n) is 6.42. The minimum absolute atomic E-state index is 0.244. The van der Waals surface area contributed by atoms with Crippen LogP contribution in [-0.4, -0.2) is 39.6 Å². The maximum Gasteiger partial charge on any atom is 0.343 e. The third-order valence-corrected chi connectivity index (χ3v) is 3.21. The molecule has 0 aliphatic rings. The Bertz CT molecular complexity index is 692. The van der Waals surface area contributed by atoms with Gasteiger partial charge in [0.15, 0.2) is 11.5 Å². The number of aromatic nitrogens is 1. The number of aryl methyl sites for hydroxylation is 1. The van der Waals surface area contributed by atoms with Crippen LogP contribution < -0.4 is 14.2 Å². The van der Waals surface area contributed by atoms with Crippen molar-refractivity contribution in [2.24, 2.45) is 0 Å². The van der Waals surface area contributed by atoms with Gasteiger partial charge in [-0.15, -0.1) is 0 Å². The molecule has 118 valence electrons. The molecule has 0 N–H and O–H groups in total. The van der Waals surface area contributed by atoms with Gasteiger partial charge in [-0.05, 0) is 13.0 Å². The lowest BCUT2D eigenvalue weighted by Crippen LogP contribution is -2.04. The van der Waals surface area contributed by atoms with E-state index in [0.717, 1.165) is 0 Å². The molecule has 0 amide bonds. The van der Waals surface area contributed by atoms with Crippen LogP contribution in [0, 0.1) is 6.92 Å². The van der Waals surface area contributed by atoms with Crippen LogP contribution >= 0.6 is 0 Å². The molecule has 1 heterocycles. The number of rotatable bonds is 5. The summed E-state index contributed by atoms with van der Waals surface area (Å²) in [6, 6.07) is 3.32. The molecule has 22 heavy (non-hydrogen) atoms. The predicted molar refractivity (Wildman–Crippen MR) is 77.7 cm³/mol. The van der Waals surface area contributed by atoms with Crippen molar-refractivity contribution >= 4 is 5.97 Å². The zero-order chi connectivity index (χ0) is 16.3. The Morgan fingerprint density at radius 1 is 1.00 bits per heavy atom. The maximum atomic E-state index is 11.9. The normalized spacial score (nSPS) is 10.2. The van der Waals surface area contributed by atoms with E-state index in [-0.39, 0.29) is 5.56 Å². The van der Waals surface area contributed by atoms with E-state index in [1.54, 1.807) is 19.1 Å². The predicted octanol–water partition coefficient (Wildman–Crippen LogP) is 2.46. The Morgan fingerprint density at radius 2 is 1.59 bits per heavy atom. The summed E-state index contributed by atoms with van der Waals surface area (Å²) in [5.41, 5.74) is 1.10. The van der Waals surface area contributed by atoms with E-state index >= 15 is 0 Å². The highest BCUT2D eigenvalue weighted by Crippen LogP contribution is 2.41. The molecule has 0 saturated carbocycles. The Labute approximate surface area is 127 Å². The van der Waals surface area contributed by atoms with Crippen LogP contribution in [0.4, 0.5) is 0 Å². The van der Waals surface area contributed by atoms with Crippen molar-refractivity contribution in [3.05, 3.63) is 23.5 Å². The van der Waals surface area contributed by atoms with Crippen LogP contribution in [-0.2, 0) is 4.74 Å². The number of hydrogen-bond donors (Lipinski definition) is 0. The van der Waals surface area contributed by atoms with E-state index in [1.165, 1.54) is 28.4 Å². The number of carbonyl (C=O) groups excluding carboxylic acids is 1. The highest BCUT2D eigenvalue weighted by atomic mass is 16.5. The molecule has 2 rings (SSSR count). The molecule has 7 nitrogen and oxygen atoms in total. The zero-order valence-electron chi connectivity index (χ0n) is 13.1. The zero-order valence-corrected chi connectivity index (χ0v) is 13.1. The van der Waals surface area contributed by atoms with Gasteiger partial charge >= 0.3 is 5.97 Å². The average Bonchev–Trinajstić information content (AvgIpc) is 2.94. The minimum Gasteiger partial charge on any atom is -0.496 e. The summed E-state index contributed by atoms with van der Waals surface area (Å²) in [7, 11) is 5.85. The van der Waals surface area contributed by atoms with Crippen LogP contribution in [0.2, 0.25) is 0 Å². The molecule has 0 bridgehead atoms. The van der Waals surface area contributed by atoms with Crippen molar-refractivity contribution in [3.8, 4) is 28.5 Å². The number of carbonyl (C=O) groups is 1. The largest absolute Gasteiger partial charge is 0.496 e. The first-order chi connectivity index (χ1) is 10.6. The highest BCUT2D eigenvalue weighted by molar-refractivity contribution is 5.98. The van der Waals surface area contributed by atoms with Crippen LogP contribution in [0.5, 0.6) is 17.2 Å². The monoisotopic (exact) mass is 307 g/mol. The van der Waals surface area contributed by atoms with Gasteiger partial charge in [0, 0.05) is 6.07 Å². The van der Waals surface area contributed by atoms with Gasteiger partial charge in [-0.2, -0.15) is 0 Å². The van der Waals surface area contributed by atoms with Crippen molar-refractivity contribution in [1.29, 1.82) is 0 Å². The van der Waals surface area contributed by atoms with Gasteiger partial charge in [-0.3, -0.25) is 0 Å². The number of ether oxygens (including phenoxy) is 4. The number of nitrogens with zero attached hydrogens (tertiary/aromatic N) is 1. The van der Waals surface area contributed by atoms with E-state index in [1.807, 2.05) is 0 Å². The van der Waals surface area contributed by atoms with Crippen molar-refractivity contribution in [2.75, 3.05) is 28.4 Å². The number of esters is 1. The molecule has 0 aliphatic heterocycles. The molecule has 0 radical (unpaired) electrons. The third kappa shape index (κ3) is 2.57. The fourth-order valence-electron chi connectivity index (χ4n) is 2.11. The lowest BCUT2D eigenvalue weighted by Gasteiger charge is -2.13. The van der Waals surface area contributed by atoms with Crippen LogP contribution in [0.15, 0.2) is 16.7 Å². The average molecular weight is 307 g/mol. The Kier molecular flexibility index (Phi) is 4.55. The van der Waals surface area contributed by atoms with Crippen molar-refractivity contribution in [2.45, 2.75) is 6.92 Å². The molecule has 2 aromatic rings. The summed E-state index contributed by atoms with van der Waals surface area (Å²) in [6.45, 7) is 1.63. The first-order valence-corrected chi connectivity index (χ1v) is 6.42. The number of methoxy groups -OCH3 is 4. The lowest BCUT2D eigenvalue weighted by molar-refractivity contribution is 0.0599. The van der Waals surface area contributed by atoms with Gasteiger partial charge in [0.05, 0.1) is 34.0 Å².